The maximum atomic E-state index is 11.6. The fourth-order valence-corrected chi connectivity index (χ4v) is 1.76. The highest BCUT2D eigenvalue weighted by Gasteiger charge is 2.15. The monoisotopic (exact) mass is 346 g/mol. The van der Waals surface area contributed by atoms with Gasteiger partial charge in [0.05, 0.1) is 24.9 Å². The van der Waals surface area contributed by atoms with Crippen molar-refractivity contribution in [2.75, 3.05) is 19.0 Å². The van der Waals surface area contributed by atoms with Gasteiger partial charge in [0.25, 0.3) is 0 Å². The molecule has 0 bridgehead atoms. The Labute approximate surface area is 147 Å². The van der Waals surface area contributed by atoms with E-state index in [4.69, 9.17) is 4.74 Å². The number of ether oxygens (including phenoxy) is 2. The van der Waals surface area contributed by atoms with Crippen molar-refractivity contribution < 1.29 is 23.9 Å². The maximum absolute atomic E-state index is 11.6. The van der Waals surface area contributed by atoms with Gasteiger partial charge in [0, 0.05) is 12.5 Å². The first-order valence-electron chi connectivity index (χ1n) is 7.58. The molecule has 0 spiro atoms. The van der Waals surface area contributed by atoms with E-state index >= 15 is 0 Å². The number of carbonyl (C=O) groups excluding carboxylic acids is 3. The largest absolute Gasteiger partial charge is 0.465 e. The van der Waals surface area contributed by atoms with Crippen LogP contribution in [0.2, 0.25) is 0 Å². The van der Waals surface area contributed by atoms with Crippen molar-refractivity contribution in [3.05, 3.63) is 29.3 Å². The molecule has 0 aliphatic heterocycles. The van der Waals surface area contributed by atoms with Gasteiger partial charge in [0.15, 0.2) is 0 Å². The molecule has 1 aromatic carbocycles. The highest BCUT2D eigenvalue weighted by atomic mass is 16.6. The Morgan fingerprint density at radius 2 is 1.88 bits per heavy atom. The summed E-state index contributed by atoms with van der Waals surface area (Å²) in [5.41, 5.74) is 0.611. The number of nitrogens with one attached hydrogen (secondary N) is 2. The molecule has 2 amide bonds. The number of carbonyl (C=O) groups is 3. The molecular weight excluding hydrogens is 324 g/mol. The van der Waals surface area contributed by atoms with Gasteiger partial charge in [-0.15, -0.1) is 0 Å². The molecule has 2 N–H and O–H groups in total. The van der Waals surface area contributed by atoms with Gasteiger partial charge in [-0.3, -0.25) is 4.79 Å². The minimum absolute atomic E-state index is 0.0525. The first-order valence-corrected chi connectivity index (χ1v) is 7.58. The Morgan fingerprint density at radius 3 is 2.44 bits per heavy atom. The average molecular weight is 346 g/mol. The summed E-state index contributed by atoms with van der Waals surface area (Å²) in [6.45, 7) is 6.70. The van der Waals surface area contributed by atoms with E-state index in [1.54, 1.807) is 26.8 Å². The van der Waals surface area contributed by atoms with E-state index in [2.05, 4.69) is 27.2 Å². The smallest absolute Gasteiger partial charge is 0.408 e. The number of alkyl carbamates (subject to hydrolysis) is 1. The van der Waals surface area contributed by atoms with Gasteiger partial charge in [-0.2, -0.15) is 0 Å². The summed E-state index contributed by atoms with van der Waals surface area (Å²) in [4.78, 5) is 34.4. The van der Waals surface area contributed by atoms with Crippen LogP contribution < -0.4 is 10.6 Å². The van der Waals surface area contributed by atoms with E-state index in [0.29, 0.717) is 16.8 Å². The molecule has 134 valence electrons. The standard InChI is InChI=1S/C18H22N2O5/c1-12(21)20-15-9-8-14(16(22)24-5)11-13(15)7-6-10-19-17(23)25-18(2,3)4/h8-9,11H,10H2,1-5H3,(H,19,23)(H,20,21). The van der Waals surface area contributed by atoms with E-state index in [-0.39, 0.29) is 12.5 Å². The van der Waals surface area contributed by atoms with E-state index in [1.807, 2.05) is 0 Å². The van der Waals surface area contributed by atoms with Crippen molar-refractivity contribution in [1.29, 1.82) is 0 Å². The summed E-state index contributed by atoms with van der Waals surface area (Å²) in [5.74, 6) is 4.79. The number of benzene rings is 1. The van der Waals surface area contributed by atoms with Gasteiger partial charge in [-0.1, -0.05) is 11.8 Å². The Balaban J connectivity index is 2.89. The van der Waals surface area contributed by atoms with Crippen LogP contribution in [0, 0.1) is 11.8 Å². The molecule has 1 rings (SSSR count). The van der Waals surface area contributed by atoms with Crippen molar-refractivity contribution in [3.8, 4) is 11.8 Å². The van der Waals surface area contributed by atoms with Crippen molar-refractivity contribution in [2.24, 2.45) is 0 Å². The molecule has 0 saturated heterocycles. The second-order valence-electron chi connectivity index (χ2n) is 6.09. The Morgan fingerprint density at radius 1 is 1.20 bits per heavy atom. The molecule has 0 radical (unpaired) electrons. The summed E-state index contributed by atoms with van der Waals surface area (Å²) in [6.07, 6.45) is -0.577. The van der Waals surface area contributed by atoms with Crippen LogP contribution in [-0.2, 0) is 14.3 Å². The summed E-state index contributed by atoms with van der Waals surface area (Å²) < 4.78 is 9.76. The van der Waals surface area contributed by atoms with Gasteiger partial charge in [0.2, 0.25) is 5.91 Å². The lowest BCUT2D eigenvalue weighted by atomic mass is 10.1. The predicted octanol–water partition coefficient (Wildman–Crippen LogP) is 2.31. The fraction of sp³-hybridized carbons (Fsp3) is 0.389. The first-order chi connectivity index (χ1) is 11.6. The third-order valence-electron chi connectivity index (χ3n) is 2.69. The first kappa shape index (κ1) is 20.0. The van der Waals surface area contributed by atoms with Gasteiger partial charge < -0.3 is 20.1 Å². The van der Waals surface area contributed by atoms with Crippen molar-refractivity contribution >= 4 is 23.7 Å². The zero-order valence-corrected chi connectivity index (χ0v) is 15.0. The molecule has 0 fully saturated rings. The van der Waals surface area contributed by atoms with Crippen LogP contribution in [0.5, 0.6) is 0 Å². The lowest BCUT2D eigenvalue weighted by Crippen LogP contribution is -2.32. The summed E-state index contributed by atoms with van der Waals surface area (Å²) in [6, 6.07) is 4.61. The van der Waals surface area contributed by atoms with Crippen molar-refractivity contribution in [1.82, 2.24) is 5.32 Å². The molecule has 0 heterocycles. The third-order valence-corrected chi connectivity index (χ3v) is 2.69. The molecule has 0 unspecified atom stereocenters. The Kier molecular flexibility index (Phi) is 7.00. The number of rotatable bonds is 3. The van der Waals surface area contributed by atoms with Gasteiger partial charge in [-0.25, -0.2) is 9.59 Å². The van der Waals surface area contributed by atoms with Crippen LogP contribution in [0.15, 0.2) is 18.2 Å². The van der Waals surface area contributed by atoms with Gasteiger partial charge in [0.1, 0.15) is 5.60 Å². The van der Waals surface area contributed by atoms with E-state index in [9.17, 15) is 14.4 Å². The SMILES string of the molecule is COC(=O)c1ccc(NC(C)=O)c(C#CCNC(=O)OC(C)(C)C)c1. The Bertz CT molecular complexity index is 723. The Hall–Kier alpha value is -3.01. The van der Waals surface area contributed by atoms with Crippen LogP contribution in [0.4, 0.5) is 10.5 Å². The number of esters is 1. The predicted molar refractivity (Wildman–Crippen MR) is 93.2 cm³/mol. The molecular formula is C18H22N2O5. The number of hydrogen-bond acceptors (Lipinski definition) is 5. The van der Waals surface area contributed by atoms with Crippen LogP contribution >= 0.6 is 0 Å². The number of amides is 2. The molecule has 0 saturated carbocycles. The quantitative estimate of drug-likeness (QED) is 0.647. The summed E-state index contributed by atoms with van der Waals surface area (Å²) >= 11 is 0. The molecule has 25 heavy (non-hydrogen) atoms. The van der Waals surface area contributed by atoms with Crippen LogP contribution in [0.25, 0.3) is 0 Å². The number of anilines is 1. The molecule has 7 heteroatoms. The van der Waals surface area contributed by atoms with E-state index in [1.165, 1.54) is 26.2 Å². The highest BCUT2D eigenvalue weighted by Crippen LogP contribution is 2.17. The molecule has 7 nitrogen and oxygen atoms in total. The minimum Gasteiger partial charge on any atom is -0.465 e. The zero-order valence-electron chi connectivity index (χ0n) is 15.0. The topological polar surface area (TPSA) is 93.7 Å². The highest BCUT2D eigenvalue weighted by molar-refractivity contribution is 5.94. The van der Waals surface area contributed by atoms with Crippen LogP contribution in [-0.4, -0.2) is 37.2 Å². The minimum atomic E-state index is -0.592. The van der Waals surface area contributed by atoms with Crippen LogP contribution in [0.1, 0.15) is 43.6 Å². The van der Waals surface area contributed by atoms with Gasteiger partial charge >= 0.3 is 12.1 Å². The van der Waals surface area contributed by atoms with Crippen molar-refractivity contribution in [3.63, 3.8) is 0 Å². The summed E-state index contributed by atoms with van der Waals surface area (Å²) in [5, 5.41) is 5.14. The molecule has 1 aromatic rings. The summed E-state index contributed by atoms with van der Waals surface area (Å²) in [7, 11) is 1.28. The molecule has 0 aromatic heterocycles. The lowest BCUT2D eigenvalue weighted by molar-refractivity contribution is -0.114. The van der Waals surface area contributed by atoms with Gasteiger partial charge in [-0.05, 0) is 39.0 Å². The average Bonchev–Trinajstić information content (AvgIpc) is 2.49. The normalized spacial score (nSPS) is 10.1. The number of methoxy groups -OCH3 is 1. The lowest BCUT2D eigenvalue weighted by Gasteiger charge is -2.19. The molecule has 0 aliphatic carbocycles. The molecule has 0 aliphatic rings. The zero-order chi connectivity index (χ0) is 19.0. The van der Waals surface area contributed by atoms with Crippen molar-refractivity contribution in [2.45, 2.75) is 33.3 Å². The van der Waals surface area contributed by atoms with Crippen LogP contribution in [0.3, 0.4) is 0 Å². The second kappa shape index (κ2) is 8.73. The van der Waals surface area contributed by atoms with E-state index < -0.39 is 17.7 Å². The molecule has 0 atom stereocenters. The maximum Gasteiger partial charge on any atom is 0.408 e. The second-order valence-corrected chi connectivity index (χ2v) is 6.09. The third kappa shape index (κ3) is 7.40. The number of hydrogen-bond donors (Lipinski definition) is 2. The van der Waals surface area contributed by atoms with E-state index in [0.717, 1.165) is 0 Å². The fourth-order valence-electron chi connectivity index (χ4n) is 1.76.